The highest BCUT2D eigenvalue weighted by atomic mass is 15.1. The third-order valence-electron chi connectivity index (χ3n) is 3.57. The number of rotatable bonds is 7. The van der Waals surface area contributed by atoms with Crippen LogP contribution in [0.3, 0.4) is 0 Å². The average molecular weight is 211 g/mol. The van der Waals surface area contributed by atoms with E-state index < -0.39 is 0 Å². The Morgan fingerprint density at radius 1 is 1.53 bits per heavy atom. The number of nitrogens with zero attached hydrogens (tertiary/aromatic N) is 1. The van der Waals surface area contributed by atoms with Crippen LogP contribution in [-0.4, -0.2) is 30.4 Å². The van der Waals surface area contributed by atoms with Crippen molar-refractivity contribution in [2.24, 2.45) is 11.1 Å². The average Bonchev–Trinajstić information content (AvgIpc) is 2.83. The van der Waals surface area contributed by atoms with Gasteiger partial charge in [0.15, 0.2) is 0 Å². The van der Waals surface area contributed by atoms with E-state index in [4.69, 9.17) is 11.1 Å². The van der Waals surface area contributed by atoms with Crippen LogP contribution in [0, 0.1) is 10.8 Å². The fourth-order valence-corrected chi connectivity index (χ4v) is 2.29. The molecule has 3 N–H and O–H groups in total. The maximum absolute atomic E-state index is 7.38. The summed E-state index contributed by atoms with van der Waals surface area (Å²) < 4.78 is 0. The second-order valence-electron chi connectivity index (χ2n) is 5.25. The molecule has 3 nitrogen and oxygen atoms in total. The zero-order valence-electron chi connectivity index (χ0n) is 10.3. The van der Waals surface area contributed by atoms with Gasteiger partial charge < -0.3 is 10.6 Å². The minimum atomic E-state index is 0.350. The van der Waals surface area contributed by atoms with E-state index in [2.05, 4.69) is 25.8 Å². The Hall–Kier alpha value is -0.570. The molecule has 0 bridgehead atoms. The monoisotopic (exact) mass is 211 g/mol. The fraction of sp³-hybridized carbons (Fsp3) is 0.917. The normalized spacial score (nSPS) is 20.3. The lowest BCUT2D eigenvalue weighted by Gasteiger charge is -2.28. The van der Waals surface area contributed by atoms with Gasteiger partial charge in [0, 0.05) is 19.0 Å². The van der Waals surface area contributed by atoms with Crippen LogP contribution in [0.1, 0.15) is 46.0 Å². The van der Waals surface area contributed by atoms with Crippen molar-refractivity contribution in [1.29, 1.82) is 5.41 Å². The molecule has 1 unspecified atom stereocenters. The van der Waals surface area contributed by atoms with Gasteiger partial charge >= 0.3 is 0 Å². The quantitative estimate of drug-likeness (QED) is 0.501. The van der Waals surface area contributed by atoms with Crippen molar-refractivity contribution in [1.82, 2.24) is 4.90 Å². The largest absolute Gasteiger partial charge is 0.388 e. The molecule has 0 heterocycles. The second-order valence-corrected chi connectivity index (χ2v) is 5.25. The first-order valence-corrected chi connectivity index (χ1v) is 6.02. The van der Waals surface area contributed by atoms with Gasteiger partial charge in [-0.2, -0.15) is 0 Å². The molecule has 1 rings (SSSR count). The van der Waals surface area contributed by atoms with Gasteiger partial charge in [-0.25, -0.2) is 0 Å². The van der Waals surface area contributed by atoms with Crippen molar-refractivity contribution in [2.75, 3.05) is 13.6 Å². The Labute approximate surface area is 93.5 Å². The molecule has 0 amide bonds. The number of amidine groups is 1. The highest BCUT2D eigenvalue weighted by Crippen LogP contribution is 2.49. The summed E-state index contributed by atoms with van der Waals surface area (Å²) in [5.74, 6) is 0.351. The lowest BCUT2D eigenvalue weighted by molar-refractivity contribution is 0.200. The van der Waals surface area contributed by atoms with Crippen molar-refractivity contribution < 1.29 is 0 Å². The highest BCUT2D eigenvalue weighted by molar-refractivity contribution is 5.78. The summed E-state index contributed by atoms with van der Waals surface area (Å²) >= 11 is 0. The molecular formula is C12H25N3. The zero-order valence-corrected chi connectivity index (χ0v) is 10.3. The lowest BCUT2D eigenvalue weighted by atomic mass is 10.00. The van der Waals surface area contributed by atoms with Crippen LogP contribution in [0.25, 0.3) is 0 Å². The van der Waals surface area contributed by atoms with Crippen LogP contribution >= 0.6 is 0 Å². The van der Waals surface area contributed by atoms with E-state index in [1.807, 2.05) is 0 Å². The fourth-order valence-electron chi connectivity index (χ4n) is 2.29. The van der Waals surface area contributed by atoms with E-state index >= 15 is 0 Å². The summed E-state index contributed by atoms with van der Waals surface area (Å²) in [6.45, 7) is 5.62. The Morgan fingerprint density at radius 2 is 2.13 bits per heavy atom. The topological polar surface area (TPSA) is 53.1 Å². The first-order chi connectivity index (χ1) is 6.99. The second kappa shape index (κ2) is 4.97. The minimum Gasteiger partial charge on any atom is -0.388 e. The van der Waals surface area contributed by atoms with Crippen molar-refractivity contribution in [3.63, 3.8) is 0 Å². The summed E-state index contributed by atoms with van der Waals surface area (Å²) in [6, 6.07) is 0.652. The predicted octanol–water partition coefficient (Wildman–Crippen LogP) is 2.21. The Kier molecular flexibility index (Phi) is 4.14. The summed E-state index contributed by atoms with van der Waals surface area (Å²) in [5, 5.41) is 7.38. The molecule has 88 valence electrons. The molecule has 0 aromatic carbocycles. The molecule has 0 spiro atoms. The van der Waals surface area contributed by atoms with Crippen LogP contribution in [0.5, 0.6) is 0 Å². The van der Waals surface area contributed by atoms with Gasteiger partial charge in [0.05, 0.1) is 5.84 Å². The molecule has 1 aliphatic carbocycles. The number of nitrogens with one attached hydrogen (secondary N) is 1. The maximum Gasteiger partial charge on any atom is 0.0911 e. The molecule has 1 atom stereocenters. The molecule has 15 heavy (non-hydrogen) atoms. The van der Waals surface area contributed by atoms with Gasteiger partial charge in [0.2, 0.25) is 0 Å². The first kappa shape index (κ1) is 12.5. The molecule has 0 aromatic rings. The zero-order chi connectivity index (χ0) is 11.5. The minimum absolute atomic E-state index is 0.350. The van der Waals surface area contributed by atoms with Gasteiger partial charge in [0.1, 0.15) is 0 Å². The van der Waals surface area contributed by atoms with Crippen molar-refractivity contribution >= 4 is 5.84 Å². The highest BCUT2D eigenvalue weighted by Gasteiger charge is 2.44. The van der Waals surface area contributed by atoms with Crippen molar-refractivity contribution in [3.8, 4) is 0 Å². The smallest absolute Gasteiger partial charge is 0.0911 e. The summed E-state index contributed by atoms with van der Waals surface area (Å²) in [5.41, 5.74) is 5.84. The van der Waals surface area contributed by atoms with E-state index in [-0.39, 0.29) is 0 Å². The third kappa shape index (κ3) is 3.82. The molecule has 1 fully saturated rings. The van der Waals surface area contributed by atoms with Crippen molar-refractivity contribution in [3.05, 3.63) is 0 Å². The van der Waals surface area contributed by atoms with Crippen LogP contribution in [-0.2, 0) is 0 Å². The van der Waals surface area contributed by atoms with Gasteiger partial charge in [0.25, 0.3) is 0 Å². The Balaban J connectivity index is 2.36. The molecule has 0 radical (unpaired) electrons. The number of nitrogens with two attached hydrogens (primary N) is 1. The lowest BCUT2D eigenvalue weighted by Crippen LogP contribution is -2.35. The molecule has 0 aromatic heterocycles. The van der Waals surface area contributed by atoms with E-state index in [1.165, 1.54) is 25.7 Å². The maximum atomic E-state index is 7.38. The van der Waals surface area contributed by atoms with Crippen LogP contribution < -0.4 is 5.73 Å². The summed E-state index contributed by atoms with van der Waals surface area (Å²) in [7, 11) is 2.19. The standard InChI is InChI=1S/C12H25N3/c1-4-5-10(2)15(3)9-12(6-7-12)8-11(13)14/h10H,4-9H2,1-3H3,(H3,13,14). The first-order valence-electron chi connectivity index (χ1n) is 6.02. The third-order valence-corrected chi connectivity index (χ3v) is 3.57. The molecule has 3 heteroatoms. The number of hydrogen-bond donors (Lipinski definition) is 2. The predicted molar refractivity (Wildman–Crippen MR) is 65.2 cm³/mol. The molecule has 0 saturated heterocycles. The Bertz CT molecular complexity index is 221. The van der Waals surface area contributed by atoms with Crippen LogP contribution in [0.15, 0.2) is 0 Å². The molecule has 1 aliphatic rings. The van der Waals surface area contributed by atoms with E-state index in [1.54, 1.807) is 0 Å². The van der Waals surface area contributed by atoms with Crippen LogP contribution in [0.4, 0.5) is 0 Å². The van der Waals surface area contributed by atoms with E-state index in [0.717, 1.165) is 13.0 Å². The molecular weight excluding hydrogens is 186 g/mol. The van der Waals surface area contributed by atoms with E-state index in [0.29, 0.717) is 17.3 Å². The SMILES string of the molecule is CCCC(C)N(C)CC1(CC(=N)N)CC1. The summed E-state index contributed by atoms with van der Waals surface area (Å²) in [6.07, 6.45) is 5.78. The van der Waals surface area contributed by atoms with Gasteiger partial charge in [-0.15, -0.1) is 0 Å². The van der Waals surface area contributed by atoms with E-state index in [9.17, 15) is 0 Å². The van der Waals surface area contributed by atoms with Crippen molar-refractivity contribution in [2.45, 2.75) is 52.0 Å². The van der Waals surface area contributed by atoms with Crippen LogP contribution in [0.2, 0.25) is 0 Å². The summed E-state index contributed by atoms with van der Waals surface area (Å²) in [4.78, 5) is 2.43. The van der Waals surface area contributed by atoms with Gasteiger partial charge in [-0.3, -0.25) is 5.41 Å². The van der Waals surface area contributed by atoms with Gasteiger partial charge in [-0.1, -0.05) is 13.3 Å². The van der Waals surface area contributed by atoms with Gasteiger partial charge in [-0.05, 0) is 38.6 Å². The molecule has 1 saturated carbocycles. The number of hydrogen-bond acceptors (Lipinski definition) is 2. The Morgan fingerprint density at radius 3 is 2.53 bits per heavy atom. The molecule has 0 aliphatic heterocycles.